The molecule has 33 heavy (non-hydrogen) atoms. The van der Waals surface area contributed by atoms with Gasteiger partial charge in [-0.2, -0.15) is 0 Å². The average molecular weight is 479 g/mol. The van der Waals surface area contributed by atoms with Gasteiger partial charge < -0.3 is 43.6 Å². The molecule has 5 atom stereocenters. The molecular weight excluding hydrogens is 446 g/mol. The van der Waals surface area contributed by atoms with Crippen molar-refractivity contribution < 1.29 is 57.4 Å². The summed E-state index contributed by atoms with van der Waals surface area (Å²) in [6.45, 7) is 5.32. The van der Waals surface area contributed by atoms with Crippen LogP contribution in [0.5, 0.6) is 0 Å². The molecule has 0 saturated carbocycles. The number of ether oxygens (including phenoxy) is 7. The van der Waals surface area contributed by atoms with E-state index in [2.05, 4.69) is 5.32 Å². The van der Waals surface area contributed by atoms with Gasteiger partial charge in [-0.15, -0.1) is 0 Å². The normalized spacial score (nSPS) is 24.6. The van der Waals surface area contributed by atoms with Gasteiger partial charge >= 0.3 is 17.9 Å². The van der Waals surface area contributed by atoms with Crippen molar-refractivity contribution in [3.63, 3.8) is 0 Å². The van der Waals surface area contributed by atoms with Crippen LogP contribution >= 0.6 is 0 Å². The smallest absolute Gasteiger partial charge is 0.303 e. The maximum atomic E-state index is 11.8. The molecule has 0 unspecified atom stereocenters. The SMILES string of the molecule is CC(=O)N[C@H]1[C@H](OCCOCCOCCO)O[C@H](COC(C)=O)[C@H](OC(C)=O)[C@@H]1OC(C)=O. The summed E-state index contributed by atoms with van der Waals surface area (Å²) in [5.41, 5.74) is 0. The monoisotopic (exact) mass is 479 g/mol. The predicted molar refractivity (Wildman–Crippen MR) is 109 cm³/mol. The molecule has 190 valence electrons. The van der Waals surface area contributed by atoms with Gasteiger partial charge in [0.2, 0.25) is 5.91 Å². The van der Waals surface area contributed by atoms with Crippen molar-refractivity contribution in [3.05, 3.63) is 0 Å². The number of nitrogens with one attached hydrogen (secondary N) is 1. The zero-order valence-corrected chi connectivity index (χ0v) is 19.3. The van der Waals surface area contributed by atoms with Gasteiger partial charge in [-0.25, -0.2) is 0 Å². The van der Waals surface area contributed by atoms with Crippen molar-refractivity contribution in [3.8, 4) is 0 Å². The largest absolute Gasteiger partial charge is 0.463 e. The Labute approximate surface area is 191 Å². The third kappa shape index (κ3) is 11.4. The second kappa shape index (κ2) is 15.5. The van der Waals surface area contributed by atoms with E-state index in [1.54, 1.807) is 0 Å². The van der Waals surface area contributed by atoms with Crippen LogP contribution in [0.15, 0.2) is 0 Å². The number of aliphatic hydroxyl groups excluding tert-OH is 1. The molecule has 13 nitrogen and oxygen atoms in total. The van der Waals surface area contributed by atoms with E-state index in [-0.39, 0.29) is 46.2 Å². The lowest BCUT2D eigenvalue weighted by molar-refractivity contribution is -0.279. The number of hydrogen-bond acceptors (Lipinski definition) is 12. The van der Waals surface area contributed by atoms with Gasteiger partial charge in [0.05, 0.1) is 39.6 Å². The standard InChI is InChI=1S/C20H33NO12/c1-12(23)21-17-19(32-15(4)26)18(31-14(3)25)16(11-30-13(2)24)33-20(17)29-10-9-28-8-7-27-6-5-22/h16-20,22H,5-11H2,1-4H3,(H,21,23)/t16-,17-,18+,19-,20-/m1/s1. The van der Waals surface area contributed by atoms with Crippen LogP contribution in [0.25, 0.3) is 0 Å². The van der Waals surface area contributed by atoms with E-state index in [4.69, 9.17) is 38.3 Å². The molecule has 0 aromatic carbocycles. The molecule has 1 saturated heterocycles. The lowest BCUT2D eigenvalue weighted by atomic mass is 9.96. The van der Waals surface area contributed by atoms with Crippen LogP contribution in [0.2, 0.25) is 0 Å². The number of carbonyl (C=O) groups is 4. The summed E-state index contributed by atoms with van der Waals surface area (Å²) in [5, 5.41) is 11.3. The first-order chi connectivity index (χ1) is 15.6. The Kier molecular flexibility index (Phi) is 13.5. The van der Waals surface area contributed by atoms with Crippen LogP contribution in [0.4, 0.5) is 0 Å². The number of aliphatic hydroxyl groups is 1. The number of amides is 1. The van der Waals surface area contributed by atoms with E-state index in [1.165, 1.54) is 13.8 Å². The topological polar surface area (TPSA) is 165 Å². The second-order valence-corrected chi connectivity index (χ2v) is 7.04. The van der Waals surface area contributed by atoms with Gasteiger partial charge in [-0.3, -0.25) is 19.2 Å². The van der Waals surface area contributed by atoms with Gasteiger partial charge in [-0.05, 0) is 0 Å². The number of carbonyl (C=O) groups excluding carboxylic acids is 4. The Morgan fingerprint density at radius 3 is 1.94 bits per heavy atom. The van der Waals surface area contributed by atoms with Gasteiger partial charge in [-0.1, -0.05) is 0 Å². The highest BCUT2D eigenvalue weighted by Crippen LogP contribution is 2.28. The number of hydrogen-bond donors (Lipinski definition) is 2. The molecule has 0 bridgehead atoms. The van der Waals surface area contributed by atoms with Crippen LogP contribution < -0.4 is 5.32 Å². The highest BCUT2D eigenvalue weighted by atomic mass is 16.7. The van der Waals surface area contributed by atoms with Gasteiger partial charge in [0.15, 0.2) is 18.5 Å². The Hall–Kier alpha value is -2.32. The van der Waals surface area contributed by atoms with E-state index < -0.39 is 54.5 Å². The Balaban J connectivity index is 2.95. The zero-order chi connectivity index (χ0) is 24.8. The van der Waals surface area contributed by atoms with E-state index in [1.807, 2.05) is 0 Å². The minimum absolute atomic E-state index is 0.0338. The first kappa shape index (κ1) is 28.7. The van der Waals surface area contributed by atoms with E-state index >= 15 is 0 Å². The lowest BCUT2D eigenvalue weighted by Crippen LogP contribution is -2.66. The summed E-state index contributed by atoms with van der Waals surface area (Å²) in [6, 6.07) is -1.03. The highest BCUT2D eigenvalue weighted by Gasteiger charge is 2.51. The second-order valence-electron chi connectivity index (χ2n) is 7.04. The first-order valence-corrected chi connectivity index (χ1v) is 10.4. The van der Waals surface area contributed by atoms with E-state index in [0.717, 1.165) is 13.8 Å². The quantitative estimate of drug-likeness (QED) is 0.172. The fourth-order valence-corrected chi connectivity index (χ4v) is 3.04. The highest BCUT2D eigenvalue weighted by molar-refractivity contribution is 5.73. The summed E-state index contributed by atoms with van der Waals surface area (Å²) < 4.78 is 37.7. The van der Waals surface area contributed by atoms with Gasteiger partial charge in [0.25, 0.3) is 0 Å². The summed E-state index contributed by atoms with van der Waals surface area (Å²) in [6.07, 6.45) is -4.53. The van der Waals surface area contributed by atoms with Crippen LogP contribution in [-0.2, 0) is 52.3 Å². The molecule has 0 aromatic rings. The average Bonchev–Trinajstić information content (AvgIpc) is 2.71. The fourth-order valence-electron chi connectivity index (χ4n) is 3.04. The molecule has 1 aliphatic heterocycles. The first-order valence-electron chi connectivity index (χ1n) is 10.4. The maximum Gasteiger partial charge on any atom is 0.303 e. The third-order valence-electron chi connectivity index (χ3n) is 4.19. The zero-order valence-electron chi connectivity index (χ0n) is 19.3. The minimum Gasteiger partial charge on any atom is -0.463 e. The molecule has 1 aliphatic rings. The van der Waals surface area contributed by atoms with Crippen LogP contribution in [0.1, 0.15) is 27.7 Å². The van der Waals surface area contributed by atoms with Gasteiger partial charge in [0.1, 0.15) is 18.8 Å². The van der Waals surface area contributed by atoms with Crippen molar-refractivity contribution in [1.82, 2.24) is 5.32 Å². The number of esters is 3. The van der Waals surface area contributed by atoms with Crippen LogP contribution in [-0.4, -0.2) is 106 Å². The molecule has 1 amide bonds. The number of rotatable bonds is 14. The lowest BCUT2D eigenvalue weighted by Gasteiger charge is -2.44. The van der Waals surface area contributed by atoms with Gasteiger partial charge in [0, 0.05) is 27.7 Å². The summed E-state index contributed by atoms with van der Waals surface area (Å²) in [7, 11) is 0. The van der Waals surface area contributed by atoms with Crippen molar-refractivity contribution in [2.75, 3.05) is 46.2 Å². The summed E-state index contributed by atoms with van der Waals surface area (Å²) in [4.78, 5) is 46.6. The van der Waals surface area contributed by atoms with Crippen molar-refractivity contribution in [2.45, 2.75) is 58.3 Å². The molecule has 1 fully saturated rings. The van der Waals surface area contributed by atoms with E-state index in [0.29, 0.717) is 0 Å². The molecule has 0 aliphatic carbocycles. The van der Waals surface area contributed by atoms with Crippen molar-refractivity contribution >= 4 is 23.8 Å². The van der Waals surface area contributed by atoms with Crippen LogP contribution in [0, 0.1) is 0 Å². The Bertz CT molecular complexity index is 643. The molecule has 1 heterocycles. The predicted octanol–water partition coefficient (Wildman–Crippen LogP) is -1.32. The maximum absolute atomic E-state index is 11.8. The van der Waals surface area contributed by atoms with Crippen molar-refractivity contribution in [1.29, 1.82) is 0 Å². The molecule has 2 N–H and O–H groups in total. The van der Waals surface area contributed by atoms with Crippen molar-refractivity contribution in [2.24, 2.45) is 0 Å². The molecule has 13 heteroatoms. The molecule has 1 rings (SSSR count). The molecule has 0 spiro atoms. The fraction of sp³-hybridized carbons (Fsp3) is 0.800. The van der Waals surface area contributed by atoms with Crippen LogP contribution in [0.3, 0.4) is 0 Å². The Morgan fingerprint density at radius 1 is 0.818 bits per heavy atom. The molecular formula is C20H33NO12. The molecule has 0 radical (unpaired) electrons. The summed E-state index contributed by atoms with van der Waals surface area (Å²) >= 11 is 0. The summed E-state index contributed by atoms with van der Waals surface area (Å²) in [5.74, 6) is -2.44. The third-order valence-corrected chi connectivity index (χ3v) is 4.19. The van der Waals surface area contributed by atoms with E-state index in [9.17, 15) is 19.2 Å². The molecule has 0 aromatic heterocycles. The Morgan fingerprint density at radius 2 is 1.39 bits per heavy atom. The minimum atomic E-state index is -1.18.